The maximum absolute atomic E-state index is 5.88. The van der Waals surface area contributed by atoms with Gasteiger partial charge in [-0.15, -0.1) is 0 Å². The van der Waals surface area contributed by atoms with Crippen LogP contribution in [0, 0.1) is 0 Å². The lowest BCUT2D eigenvalue weighted by Gasteiger charge is -2.11. The lowest BCUT2D eigenvalue weighted by Crippen LogP contribution is -1.93. The summed E-state index contributed by atoms with van der Waals surface area (Å²) >= 11 is 0. The molecule has 0 spiro atoms. The lowest BCUT2D eigenvalue weighted by atomic mass is 9.91. The Morgan fingerprint density at radius 1 is 0.317 bits per heavy atom. The van der Waals surface area contributed by atoms with E-state index in [1.807, 2.05) is 0 Å². The number of nitrogens with zero attached hydrogens (tertiary/aromatic N) is 2. The highest BCUT2D eigenvalue weighted by Crippen LogP contribution is 2.48. The summed E-state index contributed by atoms with van der Waals surface area (Å²) in [5, 5.41) is 0. The van der Waals surface area contributed by atoms with Crippen molar-refractivity contribution < 1.29 is 0 Å². The molecule has 0 atom stereocenters. The number of hydrogen-bond acceptors (Lipinski definition) is 2. The third-order valence-corrected chi connectivity index (χ3v) is 12.6. The Kier molecular flexibility index (Phi) is 10.8. The normalized spacial score (nSPS) is 12.8. The van der Waals surface area contributed by atoms with Crippen LogP contribution in [0.2, 0.25) is 0 Å². The van der Waals surface area contributed by atoms with Crippen LogP contribution in [0.3, 0.4) is 0 Å². The minimum atomic E-state index is 0.862. The highest BCUT2D eigenvalue weighted by molar-refractivity contribution is 6.08. The van der Waals surface area contributed by atoms with Crippen LogP contribution in [0.25, 0.3) is 88.9 Å². The Hall–Kier alpha value is -6.52. The molecule has 5 heterocycles. The number of benzene rings is 4. The van der Waals surface area contributed by atoms with Crippen molar-refractivity contribution in [1.29, 1.82) is 0 Å². The number of aromatic amines is 2. The summed E-state index contributed by atoms with van der Waals surface area (Å²) < 4.78 is 0. The van der Waals surface area contributed by atoms with Gasteiger partial charge in [0.1, 0.15) is 0 Å². The predicted octanol–water partition coefficient (Wildman–Crippen LogP) is 15.6. The van der Waals surface area contributed by atoms with Gasteiger partial charge in [0, 0.05) is 33.3 Å². The van der Waals surface area contributed by atoms with Gasteiger partial charge in [-0.3, -0.25) is 0 Å². The number of rotatable bonds is 10. The first-order valence-corrected chi connectivity index (χ1v) is 22.1. The van der Waals surface area contributed by atoms with Gasteiger partial charge in [-0.2, -0.15) is 0 Å². The Balaban J connectivity index is 1.64. The van der Waals surface area contributed by atoms with Crippen molar-refractivity contribution in [3.8, 4) is 44.5 Å². The molecular weight excluding hydrogens is 729 g/mol. The molecule has 4 nitrogen and oxygen atoms in total. The molecule has 4 aromatic carbocycles. The van der Waals surface area contributed by atoms with Gasteiger partial charge in [-0.1, -0.05) is 163 Å². The number of aryl methyl sites for hydroxylation is 2. The van der Waals surface area contributed by atoms with Crippen molar-refractivity contribution in [3.63, 3.8) is 0 Å². The molecule has 0 saturated heterocycles. The van der Waals surface area contributed by atoms with Crippen molar-refractivity contribution in [3.05, 3.63) is 167 Å². The molecule has 2 aliphatic rings. The zero-order valence-corrected chi connectivity index (χ0v) is 35.8. The molecule has 7 aromatic rings. The highest BCUT2D eigenvalue weighted by atomic mass is 14.8. The summed E-state index contributed by atoms with van der Waals surface area (Å²) in [6.07, 6.45) is 5.21. The van der Waals surface area contributed by atoms with Gasteiger partial charge < -0.3 is 9.97 Å². The van der Waals surface area contributed by atoms with Crippen LogP contribution in [0.4, 0.5) is 0 Å². The van der Waals surface area contributed by atoms with Crippen molar-refractivity contribution in [2.75, 3.05) is 0 Å². The second-order valence-corrected chi connectivity index (χ2v) is 15.7. The minimum absolute atomic E-state index is 0.862. The highest BCUT2D eigenvalue weighted by Gasteiger charge is 2.30. The average Bonchev–Trinajstić information content (AvgIpc) is 4.09. The fraction of sp³-hybridized carbons (Fsp3) is 0.214. The number of nitrogens with one attached hydrogen (secondary N) is 2. The van der Waals surface area contributed by atoms with Crippen LogP contribution in [0.1, 0.15) is 101 Å². The van der Waals surface area contributed by atoms with Crippen LogP contribution in [0.5, 0.6) is 0 Å². The molecular formula is C56H54N4. The van der Waals surface area contributed by atoms with Crippen molar-refractivity contribution in [1.82, 2.24) is 19.9 Å². The number of aromatic nitrogens is 4. The molecule has 9 rings (SSSR count). The molecule has 0 saturated carbocycles. The smallest absolute Gasteiger partial charge is 0.0772 e. The maximum atomic E-state index is 5.88. The third-order valence-electron chi connectivity index (χ3n) is 12.6. The molecule has 8 bridgehead atoms. The summed E-state index contributed by atoms with van der Waals surface area (Å²) in [5.41, 5.74) is 25.6. The van der Waals surface area contributed by atoms with Crippen molar-refractivity contribution >= 4 is 44.4 Å². The largest absolute Gasteiger partial charge is 0.354 e. The minimum Gasteiger partial charge on any atom is -0.354 e. The summed E-state index contributed by atoms with van der Waals surface area (Å²) in [6, 6.07) is 48.1. The first kappa shape index (κ1) is 39.0. The zero-order valence-electron chi connectivity index (χ0n) is 35.8. The summed E-state index contributed by atoms with van der Waals surface area (Å²) in [5.74, 6) is 0. The average molecular weight is 783 g/mol. The van der Waals surface area contributed by atoms with E-state index in [1.54, 1.807) is 0 Å². The molecule has 0 amide bonds. The number of hydrogen-bond donors (Lipinski definition) is 2. The number of fused-ring (bicyclic) bond motifs is 8. The first-order valence-electron chi connectivity index (χ1n) is 22.1. The second-order valence-electron chi connectivity index (χ2n) is 15.7. The van der Waals surface area contributed by atoms with E-state index < -0.39 is 0 Å². The fourth-order valence-electron chi connectivity index (χ4n) is 9.94. The topological polar surface area (TPSA) is 57.4 Å². The Bertz CT molecular complexity index is 2750. The fourth-order valence-corrected chi connectivity index (χ4v) is 9.94. The SMILES string of the molecule is CCC1=C(CC)c2nc1c(-c1ccccc1)c1ccc([nH]1)c(-c1ccccc1)c1nc(c(-c3ccccc3)c3[nH]c(c(CC)c3CC)c2-c2ccccc2)C(CC)=C1CC. The van der Waals surface area contributed by atoms with E-state index >= 15 is 0 Å². The summed E-state index contributed by atoms with van der Waals surface area (Å²) in [6.45, 7) is 13.8. The standard InChI is InChI=1S/C56H54N4/c1-7-39-41(9-3)53-49(37-29-21-15-22-30-37)55-43(11-5)44(12-6)56(60-55)50(38-31-23-16-24-32-38)54-42(10-4)40(8-2)52(59-54)48(36-27-19-14-20-28-36)46-34-33-45(57-46)47(51(39)58-53)35-25-17-13-18-26-35/h13-34,57,60H,7-12H2,1-6H3. The van der Waals surface area contributed by atoms with Crippen LogP contribution < -0.4 is 0 Å². The molecule has 0 aliphatic carbocycles. The molecule has 0 fully saturated rings. The van der Waals surface area contributed by atoms with Crippen LogP contribution >= 0.6 is 0 Å². The van der Waals surface area contributed by atoms with E-state index in [0.717, 1.165) is 128 Å². The Morgan fingerprint density at radius 2 is 0.600 bits per heavy atom. The molecule has 2 N–H and O–H groups in total. The quantitative estimate of drug-likeness (QED) is 0.145. The van der Waals surface area contributed by atoms with Gasteiger partial charge in [0.2, 0.25) is 0 Å². The van der Waals surface area contributed by atoms with Gasteiger partial charge in [0.05, 0.1) is 33.8 Å². The molecule has 2 aliphatic heterocycles. The van der Waals surface area contributed by atoms with Crippen molar-refractivity contribution in [2.24, 2.45) is 0 Å². The van der Waals surface area contributed by atoms with E-state index in [-0.39, 0.29) is 0 Å². The molecule has 0 radical (unpaired) electrons. The maximum Gasteiger partial charge on any atom is 0.0772 e. The van der Waals surface area contributed by atoms with Crippen molar-refractivity contribution in [2.45, 2.75) is 80.1 Å². The molecule has 4 heteroatoms. The van der Waals surface area contributed by atoms with Gasteiger partial charge in [0.15, 0.2) is 0 Å². The molecule has 3 aromatic heterocycles. The number of H-pyrrole nitrogens is 2. The molecule has 298 valence electrons. The van der Waals surface area contributed by atoms with Gasteiger partial charge >= 0.3 is 0 Å². The van der Waals surface area contributed by atoms with E-state index in [0.29, 0.717) is 0 Å². The van der Waals surface area contributed by atoms with E-state index in [9.17, 15) is 0 Å². The summed E-state index contributed by atoms with van der Waals surface area (Å²) in [7, 11) is 0. The van der Waals surface area contributed by atoms with Gasteiger partial charge in [-0.25, -0.2) is 9.97 Å². The van der Waals surface area contributed by atoms with Gasteiger partial charge in [0.25, 0.3) is 0 Å². The third kappa shape index (κ3) is 6.46. The monoisotopic (exact) mass is 782 g/mol. The Labute approximate surface area is 354 Å². The van der Waals surface area contributed by atoms with E-state index in [2.05, 4.69) is 185 Å². The predicted molar refractivity (Wildman–Crippen MR) is 256 cm³/mol. The number of allylic oxidation sites excluding steroid dienone is 4. The lowest BCUT2D eigenvalue weighted by molar-refractivity contribution is 1.07. The first-order chi connectivity index (χ1) is 29.5. The zero-order chi connectivity index (χ0) is 41.3. The second kappa shape index (κ2) is 16.6. The summed E-state index contributed by atoms with van der Waals surface area (Å²) in [4.78, 5) is 20.0. The molecule has 0 unspecified atom stereocenters. The van der Waals surface area contributed by atoms with Crippen LogP contribution in [-0.2, 0) is 12.8 Å². The van der Waals surface area contributed by atoms with E-state index in [1.165, 1.54) is 33.4 Å². The van der Waals surface area contributed by atoms with Crippen LogP contribution in [0.15, 0.2) is 133 Å². The van der Waals surface area contributed by atoms with Crippen LogP contribution in [-0.4, -0.2) is 19.9 Å². The van der Waals surface area contributed by atoms with Gasteiger partial charge in [-0.05, 0) is 106 Å². The Morgan fingerprint density at radius 3 is 0.883 bits per heavy atom. The van der Waals surface area contributed by atoms with E-state index in [4.69, 9.17) is 9.97 Å². The molecule has 60 heavy (non-hydrogen) atoms.